The maximum absolute atomic E-state index is 14.3. The Morgan fingerprint density at radius 3 is 1.77 bits per heavy atom. The fourth-order valence-electron chi connectivity index (χ4n) is 3.19. The average molecular weight is 481 g/mol. The number of rotatable bonds is 8. The van der Waals surface area contributed by atoms with E-state index in [2.05, 4.69) is 15.9 Å². The highest BCUT2D eigenvalue weighted by molar-refractivity contribution is 9.09. The van der Waals surface area contributed by atoms with Gasteiger partial charge in [0.25, 0.3) is 0 Å². The summed E-state index contributed by atoms with van der Waals surface area (Å²) in [6.45, 7) is 6.34. The third-order valence-corrected chi connectivity index (χ3v) is 5.20. The Balaban J connectivity index is 2.08. The quantitative estimate of drug-likeness (QED) is 0.447. The summed E-state index contributed by atoms with van der Waals surface area (Å²) in [5.41, 5.74) is 4.25. The van der Waals surface area contributed by atoms with Crippen molar-refractivity contribution in [3.63, 3.8) is 0 Å². The Hall–Kier alpha value is -2.25. The zero-order valence-corrected chi connectivity index (χ0v) is 19.0. The molecule has 0 saturated heterocycles. The van der Waals surface area contributed by atoms with Gasteiger partial charge in [-0.2, -0.15) is 0 Å². The fourth-order valence-corrected chi connectivity index (χ4v) is 3.76. The SMILES string of the molecule is Cc1cc(C)cc(C(=O)OC[C@H](Br)[C@@H](OC(=O)c2cc(C)cc(C)c2)[C@@H](F)CO)c1. The number of aliphatic hydroxyl groups is 1. The molecular weight excluding hydrogens is 455 g/mol. The molecule has 0 spiro atoms. The molecule has 1 N–H and O–H groups in total. The lowest BCUT2D eigenvalue weighted by atomic mass is 10.1. The van der Waals surface area contributed by atoms with E-state index in [4.69, 9.17) is 9.47 Å². The van der Waals surface area contributed by atoms with Crippen molar-refractivity contribution in [3.8, 4) is 0 Å². The van der Waals surface area contributed by atoms with Gasteiger partial charge in [-0.05, 0) is 52.0 Å². The summed E-state index contributed by atoms with van der Waals surface area (Å²) in [5, 5.41) is 9.25. The summed E-state index contributed by atoms with van der Waals surface area (Å²) < 4.78 is 24.9. The van der Waals surface area contributed by atoms with Gasteiger partial charge in [0.1, 0.15) is 6.61 Å². The third kappa shape index (κ3) is 6.64. The van der Waals surface area contributed by atoms with Gasteiger partial charge in [-0.3, -0.25) is 0 Å². The molecule has 2 rings (SSSR count). The fraction of sp³-hybridized carbons (Fsp3) is 0.391. The van der Waals surface area contributed by atoms with Crippen LogP contribution in [-0.2, 0) is 9.47 Å². The zero-order chi connectivity index (χ0) is 22.4. The molecule has 0 heterocycles. The molecule has 5 nitrogen and oxygen atoms in total. The molecule has 0 unspecified atom stereocenters. The molecule has 2 aromatic rings. The maximum atomic E-state index is 14.3. The third-order valence-electron chi connectivity index (χ3n) is 4.42. The van der Waals surface area contributed by atoms with Gasteiger partial charge in [0.15, 0.2) is 12.3 Å². The van der Waals surface area contributed by atoms with Crippen LogP contribution in [0.1, 0.15) is 43.0 Å². The van der Waals surface area contributed by atoms with E-state index >= 15 is 0 Å². The van der Waals surface area contributed by atoms with Gasteiger partial charge in [-0.1, -0.05) is 50.3 Å². The van der Waals surface area contributed by atoms with Crippen LogP contribution in [-0.4, -0.2) is 47.4 Å². The lowest BCUT2D eigenvalue weighted by molar-refractivity contribution is -0.0138. The topological polar surface area (TPSA) is 72.8 Å². The molecule has 0 aliphatic carbocycles. The number of halogens is 2. The summed E-state index contributed by atoms with van der Waals surface area (Å²) >= 11 is 3.24. The highest BCUT2D eigenvalue weighted by Gasteiger charge is 2.33. The summed E-state index contributed by atoms with van der Waals surface area (Å²) in [5.74, 6) is -1.28. The van der Waals surface area contributed by atoms with Crippen molar-refractivity contribution in [3.05, 3.63) is 69.8 Å². The van der Waals surface area contributed by atoms with Crippen LogP contribution in [0.15, 0.2) is 36.4 Å². The van der Waals surface area contributed by atoms with E-state index in [1.807, 2.05) is 39.8 Å². The summed E-state index contributed by atoms with van der Waals surface area (Å²) in [6, 6.07) is 10.5. The summed E-state index contributed by atoms with van der Waals surface area (Å²) in [4.78, 5) is 24.0. The lowest BCUT2D eigenvalue weighted by Gasteiger charge is -2.25. The molecule has 3 atom stereocenters. The van der Waals surface area contributed by atoms with Gasteiger partial charge >= 0.3 is 11.9 Å². The highest BCUT2D eigenvalue weighted by atomic mass is 79.9. The van der Waals surface area contributed by atoms with E-state index in [9.17, 15) is 19.1 Å². The van der Waals surface area contributed by atoms with Crippen molar-refractivity contribution < 1.29 is 28.6 Å². The lowest BCUT2D eigenvalue weighted by Crippen LogP contribution is -2.40. The molecule has 0 aromatic heterocycles. The monoisotopic (exact) mass is 480 g/mol. The van der Waals surface area contributed by atoms with Crippen LogP contribution >= 0.6 is 15.9 Å². The normalized spacial score (nSPS) is 14.0. The van der Waals surface area contributed by atoms with E-state index < -0.39 is 35.6 Å². The number of hydrogen-bond donors (Lipinski definition) is 1. The minimum absolute atomic E-state index is 0.239. The molecule has 0 radical (unpaired) electrons. The summed E-state index contributed by atoms with van der Waals surface area (Å²) in [7, 11) is 0. The Bertz CT molecular complexity index is 874. The van der Waals surface area contributed by atoms with E-state index in [-0.39, 0.29) is 12.2 Å². The molecule has 30 heavy (non-hydrogen) atoms. The second-order valence-electron chi connectivity index (χ2n) is 7.44. The molecule has 0 amide bonds. The predicted molar refractivity (Wildman–Crippen MR) is 116 cm³/mol. The van der Waals surface area contributed by atoms with Crippen LogP contribution in [0.5, 0.6) is 0 Å². The van der Waals surface area contributed by atoms with Gasteiger partial charge < -0.3 is 14.6 Å². The average Bonchev–Trinajstić information content (AvgIpc) is 2.67. The first-order valence-corrected chi connectivity index (χ1v) is 10.5. The first-order valence-electron chi connectivity index (χ1n) is 9.54. The molecule has 0 fully saturated rings. The Morgan fingerprint density at radius 1 is 0.900 bits per heavy atom. The first-order chi connectivity index (χ1) is 14.1. The van der Waals surface area contributed by atoms with Crippen molar-refractivity contribution >= 4 is 27.9 Å². The second kappa shape index (κ2) is 10.7. The molecule has 2 aromatic carbocycles. The van der Waals surface area contributed by atoms with E-state index in [1.165, 1.54) is 0 Å². The van der Waals surface area contributed by atoms with Gasteiger partial charge in [0, 0.05) is 0 Å². The highest BCUT2D eigenvalue weighted by Crippen LogP contribution is 2.20. The van der Waals surface area contributed by atoms with Crippen molar-refractivity contribution in [1.29, 1.82) is 0 Å². The minimum Gasteiger partial charge on any atom is -0.461 e. The number of carbonyl (C=O) groups is 2. The van der Waals surface area contributed by atoms with Crippen molar-refractivity contribution in [2.45, 2.75) is 44.8 Å². The van der Waals surface area contributed by atoms with Crippen molar-refractivity contribution in [1.82, 2.24) is 0 Å². The standard InChI is InChI=1S/C23H26BrFO5/c1-13-5-14(2)8-17(7-13)22(27)29-12-19(24)21(20(25)11-26)30-23(28)18-9-15(3)6-16(4)10-18/h5-10,19-21,26H,11-12H2,1-4H3/t19-,20-,21+/m0/s1. The largest absolute Gasteiger partial charge is 0.461 e. The Labute approximate surface area is 184 Å². The molecular formula is C23H26BrFO5. The molecule has 7 heteroatoms. The second-order valence-corrected chi connectivity index (χ2v) is 8.61. The van der Waals surface area contributed by atoms with Gasteiger partial charge in [-0.15, -0.1) is 0 Å². The smallest absolute Gasteiger partial charge is 0.338 e. The van der Waals surface area contributed by atoms with Gasteiger partial charge in [-0.25, -0.2) is 14.0 Å². The predicted octanol–water partition coefficient (Wildman–Crippen LogP) is 4.40. The van der Waals surface area contributed by atoms with Crippen molar-refractivity contribution in [2.75, 3.05) is 13.2 Å². The number of benzene rings is 2. The number of aliphatic hydroxyl groups excluding tert-OH is 1. The zero-order valence-electron chi connectivity index (χ0n) is 17.4. The molecule has 0 aliphatic heterocycles. The number of esters is 2. The number of alkyl halides is 2. The number of carbonyl (C=O) groups excluding carboxylic acids is 2. The molecule has 0 bridgehead atoms. The van der Waals surface area contributed by atoms with E-state index in [1.54, 1.807) is 24.3 Å². The van der Waals surface area contributed by atoms with Crippen LogP contribution in [0.3, 0.4) is 0 Å². The summed E-state index contributed by atoms with van der Waals surface area (Å²) in [6.07, 6.45) is -3.18. The Kier molecular flexibility index (Phi) is 8.55. The van der Waals surface area contributed by atoms with Gasteiger partial charge in [0.05, 0.1) is 22.6 Å². The minimum atomic E-state index is -1.84. The number of hydrogen-bond acceptors (Lipinski definition) is 5. The van der Waals surface area contributed by atoms with E-state index in [0.717, 1.165) is 22.3 Å². The number of ether oxygens (including phenoxy) is 2. The van der Waals surface area contributed by atoms with E-state index in [0.29, 0.717) is 5.56 Å². The van der Waals surface area contributed by atoms with Crippen molar-refractivity contribution in [2.24, 2.45) is 0 Å². The van der Waals surface area contributed by atoms with Crippen LogP contribution in [0.4, 0.5) is 4.39 Å². The number of aryl methyl sites for hydroxylation is 4. The molecule has 162 valence electrons. The van der Waals surface area contributed by atoms with Gasteiger partial charge in [0.2, 0.25) is 0 Å². The Morgan fingerprint density at radius 2 is 1.33 bits per heavy atom. The first kappa shape index (κ1) is 24.0. The van der Waals surface area contributed by atoms with Crippen LogP contribution in [0.2, 0.25) is 0 Å². The van der Waals surface area contributed by atoms with Crippen LogP contribution in [0.25, 0.3) is 0 Å². The van der Waals surface area contributed by atoms with Crippen LogP contribution < -0.4 is 0 Å². The maximum Gasteiger partial charge on any atom is 0.338 e. The molecule has 0 aliphatic rings. The van der Waals surface area contributed by atoms with Crippen LogP contribution in [0, 0.1) is 27.7 Å². The molecule has 0 saturated carbocycles.